The maximum Gasteiger partial charge on any atom is 0.263 e. The summed E-state index contributed by atoms with van der Waals surface area (Å²) in [5, 5.41) is 2.61. The van der Waals surface area contributed by atoms with Crippen molar-refractivity contribution in [3.05, 3.63) is 71.1 Å². The van der Waals surface area contributed by atoms with E-state index in [1.807, 2.05) is 60.7 Å². The van der Waals surface area contributed by atoms with Crippen LogP contribution in [0.5, 0.6) is 11.5 Å². The van der Waals surface area contributed by atoms with E-state index in [2.05, 4.69) is 5.32 Å². The number of allylic oxidation sites excluding steroid dienone is 1. The molecule has 0 aliphatic carbocycles. The van der Waals surface area contributed by atoms with Gasteiger partial charge in [-0.05, 0) is 36.2 Å². The van der Waals surface area contributed by atoms with Gasteiger partial charge in [-0.3, -0.25) is 4.79 Å². The van der Waals surface area contributed by atoms with Gasteiger partial charge in [-0.1, -0.05) is 60.4 Å². The van der Waals surface area contributed by atoms with E-state index in [1.165, 1.54) is 11.8 Å². The predicted octanol–water partition coefficient (Wildman–Crippen LogP) is 4.05. The van der Waals surface area contributed by atoms with Gasteiger partial charge < -0.3 is 10.1 Å². The third-order valence-electron chi connectivity index (χ3n) is 3.04. The number of thiocarbonyl (C=S) groups is 1. The molecule has 22 heavy (non-hydrogen) atoms. The average molecular weight is 327 g/mol. The number of carbonyl (C=O) groups is 1. The molecular formula is C17H13NO2S2. The van der Waals surface area contributed by atoms with Crippen molar-refractivity contribution >= 4 is 34.2 Å². The Labute approximate surface area is 138 Å². The summed E-state index contributed by atoms with van der Waals surface area (Å²) >= 11 is 6.27. The van der Waals surface area contributed by atoms with E-state index >= 15 is 0 Å². The van der Waals surface area contributed by atoms with Gasteiger partial charge >= 0.3 is 0 Å². The minimum atomic E-state index is -0.119. The van der Waals surface area contributed by atoms with Crippen LogP contribution in [0, 0.1) is 0 Å². The predicted molar refractivity (Wildman–Crippen MR) is 93.1 cm³/mol. The standard InChI is InChI=1S/C17H13NO2S2/c19-16-15(22-17(21)18-16)10-9-12-5-4-8-14(11-12)20-13-6-2-1-3-7-13/h1-8,10-11H,9H2,(H,18,19,21)/b15-10+. The van der Waals surface area contributed by atoms with Crippen molar-refractivity contribution in [3.8, 4) is 11.5 Å². The van der Waals surface area contributed by atoms with E-state index in [1.54, 1.807) is 0 Å². The molecule has 0 unspecified atom stereocenters. The molecule has 3 rings (SSSR count). The van der Waals surface area contributed by atoms with Crippen LogP contribution >= 0.6 is 24.0 Å². The summed E-state index contributed by atoms with van der Waals surface area (Å²) in [5.74, 6) is 1.46. The second kappa shape index (κ2) is 6.77. The highest BCUT2D eigenvalue weighted by atomic mass is 32.2. The highest BCUT2D eigenvalue weighted by molar-refractivity contribution is 8.26. The minimum Gasteiger partial charge on any atom is -0.457 e. The number of rotatable bonds is 4. The second-order valence-corrected chi connectivity index (χ2v) is 6.40. The molecule has 1 aliphatic rings. The lowest BCUT2D eigenvalue weighted by molar-refractivity contribution is -0.115. The second-order valence-electron chi connectivity index (χ2n) is 4.68. The molecule has 3 nitrogen and oxygen atoms in total. The Morgan fingerprint density at radius 2 is 1.86 bits per heavy atom. The SMILES string of the molecule is O=C1NC(=S)S/C1=C/Cc1cccc(Oc2ccccc2)c1. The number of carbonyl (C=O) groups excluding carboxylic acids is 1. The quantitative estimate of drug-likeness (QED) is 0.679. The van der Waals surface area contributed by atoms with Crippen LogP contribution in [0.4, 0.5) is 0 Å². The van der Waals surface area contributed by atoms with Gasteiger partial charge in [-0.25, -0.2) is 0 Å². The van der Waals surface area contributed by atoms with Gasteiger partial charge in [0.05, 0.1) is 4.91 Å². The summed E-state index contributed by atoms with van der Waals surface area (Å²) in [7, 11) is 0. The molecule has 0 aromatic heterocycles. The summed E-state index contributed by atoms with van der Waals surface area (Å²) in [6.07, 6.45) is 2.55. The molecule has 1 saturated heterocycles. The minimum absolute atomic E-state index is 0.119. The van der Waals surface area contributed by atoms with Crippen LogP contribution in [0.25, 0.3) is 0 Å². The van der Waals surface area contributed by atoms with Crippen LogP contribution in [0.1, 0.15) is 5.56 Å². The van der Waals surface area contributed by atoms with Crippen molar-refractivity contribution in [1.29, 1.82) is 0 Å². The molecule has 2 aromatic rings. The summed E-state index contributed by atoms with van der Waals surface area (Å²) in [4.78, 5) is 12.3. The summed E-state index contributed by atoms with van der Waals surface area (Å²) in [6.45, 7) is 0. The Kier molecular flexibility index (Phi) is 4.56. The molecule has 1 aliphatic heterocycles. The number of benzene rings is 2. The van der Waals surface area contributed by atoms with E-state index < -0.39 is 0 Å². The van der Waals surface area contributed by atoms with Gasteiger partial charge in [0.1, 0.15) is 15.8 Å². The molecule has 1 N–H and O–H groups in total. The largest absolute Gasteiger partial charge is 0.457 e. The van der Waals surface area contributed by atoms with Crippen LogP contribution in [-0.4, -0.2) is 10.2 Å². The number of amides is 1. The number of para-hydroxylation sites is 1. The first-order valence-electron chi connectivity index (χ1n) is 6.76. The van der Waals surface area contributed by atoms with Crippen LogP contribution < -0.4 is 10.1 Å². The first-order valence-corrected chi connectivity index (χ1v) is 7.98. The van der Waals surface area contributed by atoms with E-state index in [0.29, 0.717) is 15.6 Å². The molecule has 0 radical (unpaired) electrons. The van der Waals surface area contributed by atoms with Gasteiger partial charge in [-0.2, -0.15) is 0 Å². The Balaban J connectivity index is 1.70. The highest BCUT2D eigenvalue weighted by Crippen LogP contribution is 2.25. The fraction of sp³-hybridized carbons (Fsp3) is 0.0588. The van der Waals surface area contributed by atoms with E-state index in [4.69, 9.17) is 17.0 Å². The van der Waals surface area contributed by atoms with Crippen molar-refractivity contribution in [2.24, 2.45) is 0 Å². The lowest BCUT2D eigenvalue weighted by Crippen LogP contribution is -2.17. The monoisotopic (exact) mass is 327 g/mol. The van der Waals surface area contributed by atoms with Gasteiger partial charge in [0.25, 0.3) is 5.91 Å². The zero-order chi connectivity index (χ0) is 15.4. The number of thioether (sulfide) groups is 1. The van der Waals surface area contributed by atoms with E-state index in [-0.39, 0.29) is 5.91 Å². The van der Waals surface area contributed by atoms with Gasteiger partial charge in [0.2, 0.25) is 0 Å². The van der Waals surface area contributed by atoms with Crippen molar-refractivity contribution in [3.63, 3.8) is 0 Å². The van der Waals surface area contributed by atoms with Crippen LogP contribution in [0.2, 0.25) is 0 Å². The number of nitrogens with one attached hydrogen (secondary N) is 1. The van der Waals surface area contributed by atoms with Gasteiger partial charge in [-0.15, -0.1) is 0 Å². The molecule has 1 fully saturated rings. The Morgan fingerprint density at radius 1 is 1.09 bits per heavy atom. The molecule has 0 saturated carbocycles. The fourth-order valence-corrected chi connectivity index (χ4v) is 3.05. The maximum atomic E-state index is 11.6. The molecule has 0 spiro atoms. The number of hydrogen-bond donors (Lipinski definition) is 1. The maximum absolute atomic E-state index is 11.6. The zero-order valence-corrected chi connectivity index (χ0v) is 13.2. The number of ether oxygens (including phenoxy) is 1. The van der Waals surface area contributed by atoms with E-state index in [0.717, 1.165) is 17.1 Å². The van der Waals surface area contributed by atoms with Crippen molar-refractivity contribution in [2.75, 3.05) is 0 Å². The summed E-state index contributed by atoms with van der Waals surface area (Å²) < 4.78 is 6.31. The van der Waals surface area contributed by atoms with Crippen LogP contribution in [0.15, 0.2) is 65.6 Å². The fourth-order valence-electron chi connectivity index (χ4n) is 2.03. The molecule has 2 aromatic carbocycles. The van der Waals surface area contributed by atoms with Crippen molar-refractivity contribution in [1.82, 2.24) is 5.32 Å². The summed E-state index contributed by atoms with van der Waals surface area (Å²) in [5.41, 5.74) is 1.08. The van der Waals surface area contributed by atoms with Gasteiger partial charge in [0, 0.05) is 0 Å². The van der Waals surface area contributed by atoms with Crippen molar-refractivity contribution < 1.29 is 9.53 Å². The van der Waals surface area contributed by atoms with Gasteiger partial charge in [0.15, 0.2) is 0 Å². The first kappa shape index (κ1) is 14.8. The average Bonchev–Trinajstić information content (AvgIpc) is 2.84. The highest BCUT2D eigenvalue weighted by Gasteiger charge is 2.21. The van der Waals surface area contributed by atoms with Crippen molar-refractivity contribution in [2.45, 2.75) is 6.42 Å². The lowest BCUT2D eigenvalue weighted by atomic mass is 10.1. The Bertz CT molecular complexity index is 741. The molecule has 0 atom stereocenters. The Morgan fingerprint density at radius 3 is 2.59 bits per heavy atom. The first-order chi connectivity index (χ1) is 10.7. The molecule has 5 heteroatoms. The smallest absolute Gasteiger partial charge is 0.263 e. The molecule has 1 amide bonds. The van der Waals surface area contributed by atoms with Crippen LogP contribution in [-0.2, 0) is 11.2 Å². The lowest BCUT2D eigenvalue weighted by Gasteiger charge is -2.06. The third kappa shape index (κ3) is 3.75. The molecule has 110 valence electrons. The normalized spacial score (nSPS) is 15.9. The number of hydrogen-bond acceptors (Lipinski definition) is 4. The Hall–Kier alpha value is -2.11. The van der Waals surface area contributed by atoms with E-state index in [9.17, 15) is 4.79 Å². The topological polar surface area (TPSA) is 38.3 Å². The molecular weight excluding hydrogens is 314 g/mol. The van der Waals surface area contributed by atoms with Crippen LogP contribution in [0.3, 0.4) is 0 Å². The third-order valence-corrected chi connectivity index (χ3v) is 4.25. The molecule has 0 bridgehead atoms. The zero-order valence-electron chi connectivity index (χ0n) is 11.6. The summed E-state index contributed by atoms with van der Waals surface area (Å²) in [6, 6.07) is 17.5. The molecule has 1 heterocycles.